The number of carboxylic acids is 1. The minimum atomic E-state index is -1.67. The Morgan fingerprint density at radius 2 is 2.12 bits per heavy atom. The Morgan fingerprint density at radius 3 is 2.80 bits per heavy atom. The van der Waals surface area contributed by atoms with E-state index in [0.29, 0.717) is 25.7 Å². The van der Waals surface area contributed by atoms with E-state index in [1.807, 2.05) is 12.2 Å². The Labute approximate surface area is 151 Å². The standard InChI is InChI=1S/C20H32O5/c1-2-3-6-9-15(21)12-13-17-16(18(22)14-19(17)23)10-7-4-5-8-11-20(24)25/h4,7,12-13,15-17,19,21,23H,2-3,5-6,8-11,14H2,1H3,(H,24,25)/b7-4-,13-12+/t15-,16+,17+,19+/m0/s1/i15D. The largest absolute Gasteiger partial charge is 0.481 e. The van der Waals surface area contributed by atoms with Crippen molar-refractivity contribution in [1.29, 1.82) is 0 Å². The monoisotopic (exact) mass is 353 g/mol. The molecule has 0 aromatic carbocycles. The van der Waals surface area contributed by atoms with Crippen molar-refractivity contribution in [2.45, 2.75) is 76.9 Å². The van der Waals surface area contributed by atoms with E-state index in [9.17, 15) is 19.8 Å². The summed E-state index contributed by atoms with van der Waals surface area (Å²) < 4.78 is 7.94. The van der Waals surface area contributed by atoms with E-state index in [4.69, 9.17) is 6.48 Å². The Hall–Kier alpha value is -1.46. The van der Waals surface area contributed by atoms with Gasteiger partial charge in [-0.3, -0.25) is 9.59 Å². The van der Waals surface area contributed by atoms with E-state index in [2.05, 4.69) is 6.92 Å². The van der Waals surface area contributed by atoms with Gasteiger partial charge in [-0.2, -0.15) is 0 Å². The first-order chi connectivity index (χ1) is 12.3. The normalized spacial score (nSPS) is 27.1. The minimum absolute atomic E-state index is 0.0122. The first-order valence-corrected chi connectivity index (χ1v) is 9.26. The molecule has 0 saturated heterocycles. The van der Waals surface area contributed by atoms with E-state index >= 15 is 0 Å². The zero-order chi connectivity index (χ0) is 19.6. The fourth-order valence-electron chi connectivity index (χ4n) is 3.12. The summed E-state index contributed by atoms with van der Waals surface area (Å²) in [6, 6.07) is 0. The lowest BCUT2D eigenvalue weighted by atomic mass is 9.90. The lowest BCUT2D eigenvalue weighted by molar-refractivity contribution is -0.137. The Morgan fingerprint density at radius 1 is 1.36 bits per heavy atom. The number of carboxylic acid groups (broad SMARTS) is 1. The summed E-state index contributed by atoms with van der Waals surface area (Å²) in [5, 5.41) is 28.8. The lowest BCUT2D eigenvalue weighted by Gasteiger charge is -2.16. The summed E-state index contributed by atoms with van der Waals surface area (Å²) in [7, 11) is 0. The third-order valence-corrected chi connectivity index (χ3v) is 4.60. The summed E-state index contributed by atoms with van der Waals surface area (Å²) in [4.78, 5) is 22.6. The summed E-state index contributed by atoms with van der Waals surface area (Å²) in [6.45, 7) is 2.05. The summed E-state index contributed by atoms with van der Waals surface area (Å²) in [6.07, 6.45) is 9.25. The van der Waals surface area contributed by atoms with E-state index in [-0.39, 0.29) is 24.5 Å². The van der Waals surface area contributed by atoms with Gasteiger partial charge in [-0.1, -0.05) is 50.5 Å². The number of allylic oxidation sites excluding steroid dienone is 2. The van der Waals surface area contributed by atoms with Crippen LogP contribution in [0.3, 0.4) is 0 Å². The van der Waals surface area contributed by atoms with Crippen LogP contribution in [0.1, 0.15) is 66.1 Å². The molecule has 25 heavy (non-hydrogen) atoms. The molecule has 0 heterocycles. The Kier molecular flexibility index (Phi) is 9.52. The molecule has 3 N–H and O–H groups in total. The molecule has 0 unspecified atom stereocenters. The molecule has 4 atom stereocenters. The number of hydrogen-bond donors (Lipinski definition) is 3. The van der Waals surface area contributed by atoms with Crippen molar-refractivity contribution in [1.82, 2.24) is 0 Å². The van der Waals surface area contributed by atoms with Crippen molar-refractivity contribution < 1.29 is 26.3 Å². The number of aliphatic hydroxyl groups is 2. The van der Waals surface area contributed by atoms with Crippen LogP contribution in [0.2, 0.25) is 0 Å². The van der Waals surface area contributed by atoms with E-state index in [1.54, 1.807) is 6.08 Å². The fraction of sp³-hybridized carbons (Fsp3) is 0.700. The maximum atomic E-state index is 12.1. The molecule has 0 aliphatic heterocycles. The zero-order valence-electron chi connectivity index (χ0n) is 16.1. The van der Waals surface area contributed by atoms with Crippen LogP contribution < -0.4 is 0 Å². The maximum absolute atomic E-state index is 12.1. The van der Waals surface area contributed by atoms with Crippen LogP contribution in [-0.4, -0.2) is 39.3 Å². The molecule has 142 valence electrons. The van der Waals surface area contributed by atoms with Gasteiger partial charge < -0.3 is 15.3 Å². The molecule has 1 aliphatic rings. The average Bonchev–Trinajstić information content (AvgIpc) is 2.82. The van der Waals surface area contributed by atoms with Gasteiger partial charge in [-0.05, 0) is 25.7 Å². The highest BCUT2D eigenvalue weighted by molar-refractivity contribution is 5.84. The molecular weight excluding hydrogens is 320 g/mol. The predicted octanol–water partition coefficient (Wildman–Crippen LogP) is 3.25. The predicted molar refractivity (Wildman–Crippen MR) is 97.1 cm³/mol. The third-order valence-electron chi connectivity index (χ3n) is 4.60. The van der Waals surface area contributed by atoms with Gasteiger partial charge in [0.1, 0.15) is 5.78 Å². The quantitative estimate of drug-likeness (QED) is 0.370. The molecule has 5 nitrogen and oxygen atoms in total. The second-order valence-electron chi connectivity index (χ2n) is 6.72. The van der Waals surface area contributed by atoms with Gasteiger partial charge in [0.25, 0.3) is 0 Å². The molecule has 1 rings (SSSR count). The first kappa shape index (κ1) is 19.9. The number of carbonyl (C=O) groups is 2. The smallest absolute Gasteiger partial charge is 0.303 e. The molecule has 0 spiro atoms. The van der Waals surface area contributed by atoms with Crippen molar-refractivity contribution in [2.24, 2.45) is 11.8 Å². The summed E-state index contributed by atoms with van der Waals surface area (Å²) in [5.74, 6) is -1.58. The van der Waals surface area contributed by atoms with E-state index in [1.165, 1.54) is 6.08 Å². The van der Waals surface area contributed by atoms with Crippen LogP contribution in [0, 0.1) is 11.8 Å². The van der Waals surface area contributed by atoms with Crippen LogP contribution in [0.15, 0.2) is 24.3 Å². The van der Waals surface area contributed by atoms with Gasteiger partial charge >= 0.3 is 5.97 Å². The lowest BCUT2D eigenvalue weighted by Crippen LogP contribution is -2.18. The molecule has 1 aliphatic carbocycles. The Balaban J connectivity index is 2.58. The number of aliphatic hydroxyl groups excluding tert-OH is 1. The third kappa shape index (κ3) is 8.45. The number of ketones is 1. The highest BCUT2D eigenvalue weighted by atomic mass is 16.4. The van der Waals surface area contributed by atoms with Gasteiger partial charge in [0, 0.05) is 24.7 Å². The van der Waals surface area contributed by atoms with E-state index < -0.39 is 24.1 Å². The van der Waals surface area contributed by atoms with Gasteiger partial charge in [0.05, 0.1) is 13.6 Å². The molecule has 0 amide bonds. The number of rotatable bonds is 12. The van der Waals surface area contributed by atoms with Crippen LogP contribution >= 0.6 is 0 Å². The van der Waals surface area contributed by atoms with Gasteiger partial charge in [0.2, 0.25) is 0 Å². The molecule has 1 fully saturated rings. The van der Waals surface area contributed by atoms with Crippen molar-refractivity contribution in [3.05, 3.63) is 24.3 Å². The van der Waals surface area contributed by atoms with Crippen molar-refractivity contribution in [2.75, 3.05) is 0 Å². The van der Waals surface area contributed by atoms with Crippen LogP contribution in [-0.2, 0) is 9.59 Å². The summed E-state index contributed by atoms with van der Waals surface area (Å²) >= 11 is 0. The molecule has 0 aromatic rings. The molecular formula is C20H32O5. The van der Waals surface area contributed by atoms with Crippen molar-refractivity contribution in [3.8, 4) is 0 Å². The number of unbranched alkanes of at least 4 members (excludes halogenated alkanes) is 3. The first-order valence-electron chi connectivity index (χ1n) is 9.76. The number of carbonyl (C=O) groups excluding carboxylic acids is 1. The summed E-state index contributed by atoms with van der Waals surface area (Å²) in [5.41, 5.74) is 0. The maximum Gasteiger partial charge on any atom is 0.303 e. The van der Waals surface area contributed by atoms with E-state index in [0.717, 1.165) is 19.3 Å². The second kappa shape index (κ2) is 12.0. The zero-order valence-corrected chi connectivity index (χ0v) is 15.1. The average molecular weight is 353 g/mol. The van der Waals surface area contributed by atoms with Crippen molar-refractivity contribution in [3.63, 3.8) is 0 Å². The SMILES string of the molecule is [2H][C@@](O)(/C=C/[C@H]1[C@H](O)CC(=O)[C@@H]1C/C=C\CCCC(=O)O)CCCCC. The molecule has 0 bridgehead atoms. The highest BCUT2D eigenvalue weighted by Gasteiger charge is 2.39. The second-order valence-corrected chi connectivity index (χ2v) is 6.72. The topological polar surface area (TPSA) is 94.8 Å². The number of Topliss-reactive ketones (excluding diaryl/α,β-unsaturated/α-hetero) is 1. The highest BCUT2D eigenvalue weighted by Crippen LogP contribution is 2.33. The Bertz CT molecular complexity index is 512. The van der Waals surface area contributed by atoms with Crippen LogP contribution in [0.4, 0.5) is 0 Å². The van der Waals surface area contributed by atoms with Crippen LogP contribution in [0.5, 0.6) is 0 Å². The molecule has 5 heteroatoms. The minimum Gasteiger partial charge on any atom is -0.481 e. The van der Waals surface area contributed by atoms with Gasteiger partial charge in [0.15, 0.2) is 0 Å². The van der Waals surface area contributed by atoms with Crippen LogP contribution in [0.25, 0.3) is 0 Å². The van der Waals surface area contributed by atoms with Gasteiger partial charge in [-0.25, -0.2) is 0 Å². The number of hydrogen-bond acceptors (Lipinski definition) is 4. The number of aliphatic carboxylic acids is 1. The van der Waals surface area contributed by atoms with Gasteiger partial charge in [-0.15, -0.1) is 0 Å². The fourth-order valence-corrected chi connectivity index (χ4v) is 3.12. The van der Waals surface area contributed by atoms with Crippen molar-refractivity contribution >= 4 is 11.8 Å². The molecule has 0 radical (unpaired) electrons. The molecule has 0 aromatic heterocycles. The molecule has 1 saturated carbocycles.